The van der Waals surface area contributed by atoms with Gasteiger partial charge in [-0.05, 0) is 44.7 Å². The normalized spacial score (nSPS) is 19.5. The third kappa shape index (κ3) is 3.25. The first kappa shape index (κ1) is 13.8. The number of rotatable bonds is 4. The number of nitrogens with zero attached hydrogens (tertiary/aromatic N) is 2. The zero-order valence-electron chi connectivity index (χ0n) is 11.7. The van der Waals surface area contributed by atoms with Crippen molar-refractivity contribution in [3.05, 3.63) is 23.4 Å². The van der Waals surface area contributed by atoms with E-state index in [0.717, 1.165) is 37.3 Å². The Hall–Kier alpha value is -1.58. The van der Waals surface area contributed by atoms with Gasteiger partial charge in [-0.2, -0.15) is 0 Å². The van der Waals surface area contributed by atoms with Crippen LogP contribution in [-0.2, 0) is 0 Å². The van der Waals surface area contributed by atoms with Gasteiger partial charge in [-0.25, -0.2) is 9.78 Å². The van der Waals surface area contributed by atoms with Crippen LogP contribution in [0.15, 0.2) is 12.1 Å². The van der Waals surface area contributed by atoms with Crippen molar-refractivity contribution in [1.82, 2.24) is 4.98 Å². The lowest BCUT2D eigenvalue weighted by Crippen LogP contribution is -2.40. The Kier molecular flexibility index (Phi) is 4.40. The van der Waals surface area contributed by atoms with E-state index in [2.05, 4.69) is 16.8 Å². The van der Waals surface area contributed by atoms with Gasteiger partial charge in [0.05, 0.1) is 5.56 Å². The fourth-order valence-electron chi connectivity index (χ4n) is 2.86. The van der Waals surface area contributed by atoms with Crippen LogP contribution in [-0.4, -0.2) is 28.6 Å². The predicted octanol–water partition coefficient (Wildman–Crippen LogP) is 3.25. The molecule has 0 aromatic carbocycles. The van der Waals surface area contributed by atoms with E-state index in [0.29, 0.717) is 11.6 Å². The second kappa shape index (κ2) is 6.04. The highest BCUT2D eigenvalue weighted by atomic mass is 16.4. The van der Waals surface area contributed by atoms with Crippen LogP contribution >= 0.6 is 0 Å². The molecule has 1 saturated heterocycles. The summed E-state index contributed by atoms with van der Waals surface area (Å²) in [6.07, 6.45) is 5.92. The van der Waals surface area contributed by atoms with E-state index in [-0.39, 0.29) is 0 Å². The molecule has 1 unspecified atom stereocenters. The summed E-state index contributed by atoms with van der Waals surface area (Å²) in [5, 5.41) is 9.16. The van der Waals surface area contributed by atoms with Gasteiger partial charge in [0.2, 0.25) is 0 Å². The van der Waals surface area contributed by atoms with Crippen molar-refractivity contribution < 1.29 is 9.90 Å². The minimum atomic E-state index is -0.879. The summed E-state index contributed by atoms with van der Waals surface area (Å²) < 4.78 is 0. The SMILES string of the molecule is CCCC1CCCCN1c1cc(C(=O)O)cc(C)n1. The largest absolute Gasteiger partial charge is 0.478 e. The Morgan fingerprint density at radius 3 is 2.95 bits per heavy atom. The van der Waals surface area contributed by atoms with Crippen LogP contribution in [0.25, 0.3) is 0 Å². The molecule has 0 saturated carbocycles. The molecule has 0 amide bonds. The zero-order chi connectivity index (χ0) is 13.8. The van der Waals surface area contributed by atoms with Gasteiger partial charge in [0.25, 0.3) is 0 Å². The second-order valence-electron chi connectivity index (χ2n) is 5.29. The average molecular weight is 262 g/mol. The number of aryl methyl sites for hydroxylation is 1. The minimum absolute atomic E-state index is 0.336. The van der Waals surface area contributed by atoms with E-state index >= 15 is 0 Å². The number of hydrogen-bond donors (Lipinski definition) is 1. The molecular formula is C15H22N2O2. The van der Waals surface area contributed by atoms with E-state index in [9.17, 15) is 4.79 Å². The maximum absolute atomic E-state index is 11.1. The number of anilines is 1. The molecule has 19 heavy (non-hydrogen) atoms. The molecule has 1 aliphatic rings. The van der Waals surface area contributed by atoms with Gasteiger partial charge in [-0.1, -0.05) is 13.3 Å². The third-order valence-electron chi connectivity index (χ3n) is 3.73. The van der Waals surface area contributed by atoms with Crippen molar-refractivity contribution >= 4 is 11.8 Å². The number of hydrogen-bond acceptors (Lipinski definition) is 3. The van der Waals surface area contributed by atoms with Gasteiger partial charge in [-0.15, -0.1) is 0 Å². The number of pyridine rings is 1. The van der Waals surface area contributed by atoms with E-state index in [1.807, 2.05) is 6.92 Å². The standard InChI is InChI=1S/C15H22N2O2/c1-3-6-13-7-4-5-8-17(13)14-10-12(15(18)19)9-11(2)16-14/h9-10,13H,3-8H2,1-2H3,(H,18,19). The number of aromatic carboxylic acids is 1. The highest BCUT2D eigenvalue weighted by Gasteiger charge is 2.23. The maximum Gasteiger partial charge on any atom is 0.335 e. The quantitative estimate of drug-likeness (QED) is 0.905. The van der Waals surface area contributed by atoms with Crippen molar-refractivity contribution in [3.8, 4) is 0 Å². The summed E-state index contributed by atoms with van der Waals surface area (Å²) >= 11 is 0. The van der Waals surface area contributed by atoms with Crippen LogP contribution < -0.4 is 4.90 Å². The van der Waals surface area contributed by atoms with Crippen LogP contribution in [0.5, 0.6) is 0 Å². The van der Waals surface area contributed by atoms with Crippen molar-refractivity contribution in [2.75, 3.05) is 11.4 Å². The van der Waals surface area contributed by atoms with Gasteiger partial charge in [-0.3, -0.25) is 0 Å². The lowest BCUT2D eigenvalue weighted by atomic mass is 9.98. The molecular weight excluding hydrogens is 240 g/mol. The topological polar surface area (TPSA) is 53.4 Å². The maximum atomic E-state index is 11.1. The van der Waals surface area contributed by atoms with Crippen LogP contribution in [0.3, 0.4) is 0 Å². The van der Waals surface area contributed by atoms with E-state index < -0.39 is 5.97 Å². The zero-order valence-corrected chi connectivity index (χ0v) is 11.7. The molecule has 0 aliphatic carbocycles. The second-order valence-corrected chi connectivity index (χ2v) is 5.29. The molecule has 1 aromatic heterocycles. The summed E-state index contributed by atoms with van der Waals surface area (Å²) in [6.45, 7) is 5.04. The first-order chi connectivity index (χ1) is 9.11. The van der Waals surface area contributed by atoms with Crippen LogP contribution in [0, 0.1) is 6.92 Å². The Labute approximate surface area is 114 Å². The van der Waals surface area contributed by atoms with Gasteiger partial charge in [0, 0.05) is 18.3 Å². The number of aromatic nitrogens is 1. The lowest BCUT2D eigenvalue weighted by Gasteiger charge is -2.37. The Balaban J connectivity index is 2.30. The molecule has 1 aromatic rings. The Morgan fingerprint density at radius 1 is 1.47 bits per heavy atom. The average Bonchev–Trinajstić information content (AvgIpc) is 2.39. The predicted molar refractivity (Wildman–Crippen MR) is 75.8 cm³/mol. The number of piperidine rings is 1. The van der Waals surface area contributed by atoms with Crippen molar-refractivity contribution in [3.63, 3.8) is 0 Å². The lowest BCUT2D eigenvalue weighted by molar-refractivity contribution is 0.0696. The molecule has 1 fully saturated rings. The van der Waals surface area contributed by atoms with Gasteiger partial charge < -0.3 is 10.0 Å². The fourth-order valence-corrected chi connectivity index (χ4v) is 2.86. The molecule has 1 N–H and O–H groups in total. The molecule has 0 spiro atoms. The number of carbonyl (C=O) groups is 1. The molecule has 1 atom stereocenters. The van der Waals surface area contributed by atoms with Crippen molar-refractivity contribution in [2.24, 2.45) is 0 Å². The summed E-state index contributed by atoms with van der Waals surface area (Å²) in [4.78, 5) is 18.0. The summed E-state index contributed by atoms with van der Waals surface area (Å²) in [6, 6.07) is 3.85. The Bertz CT molecular complexity index is 457. The van der Waals surface area contributed by atoms with E-state index in [1.54, 1.807) is 12.1 Å². The van der Waals surface area contributed by atoms with Crippen LogP contribution in [0.4, 0.5) is 5.82 Å². The number of carboxylic acid groups (broad SMARTS) is 1. The molecule has 1 aliphatic heterocycles. The smallest absolute Gasteiger partial charge is 0.335 e. The highest BCUT2D eigenvalue weighted by Crippen LogP contribution is 2.26. The van der Waals surface area contributed by atoms with Crippen LogP contribution in [0.1, 0.15) is 55.1 Å². The van der Waals surface area contributed by atoms with Crippen molar-refractivity contribution in [1.29, 1.82) is 0 Å². The first-order valence-corrected chi connectivity index (χ1v) is 7.10. The van der Waals surface area contributed by atoms with E-state index in [1.165, 1.54) is 12.8 Å². The molecule has 4 heteroatoms. The Morgan fingerprint density at radius 2 is 2.26 bits per heavy atom. The summed E-state index contributed by atoms with van der Waals surface area (Å²) in [5.41, 5.74) is 1.11. The molecule has 2 heterocycles. The van der Waals surface area contributed by atoms with Gasteiger partial charge >= 0.3 is 5.97 Å². The van der Waals surface area contributed by atoms with E-state index in [4.69, 9.17) is 5.11 Å². The molecule has 104 valence electrons. The number of carboxylic acids is 1. The fraction of sp³-hybridized carbons (Fsp3) is 0.600. The summed E-state index contributed by atoms with van der Waals surface area (Å²) in [5.74, 6) is -0.0497. The van der Waals surface area contributed by atoms with Crippen molar-refractivity contribution in [2.45, 2.75) is 52.0 Å². The molecule has 2 rings (SSSR count). The van der Waals surface area contributed by atoms with Gasteiger partial charge in [0.15, 0.2) is 0 Å². The molecule has 0 radical (unpaired) electrons. The highest BCUT2D eigenvalue weighted by molar-refractivity contribution is 5.88. The molecule has 4 nitrogen and oxygen atoms in total. The summed E-state index contributed by atoms with van der Waals surface area (Å²) in [7, 11) is 0. The monoisotopic (exact) mass is 262 g/mol. The first-order valence-electron chi connectivity index (χ1n) is 7.10. The van der Waals surface area contributed by atoms with Gasteiger partial charge in [0.1, 0.15) is 5.82 Å². The molecule has 0 bridgehead atoms. The minimum Gasteiger partial charge on any atom is -0.478 e. The van der Waals surface area contributed by atoms with Crippen LogP contribution in [0.2, 0.25) is 0 Å². The third-order valence-corrected chi connectivity index (χ3v) is 3.73.